The van der Waals surface area contributed by atoms with Gasteiger partial charge in [-0.3, -0.25) is 0 Å². The van der Waals surface area contributed by atoms with Gasteiger partial charge in [0.05, 0.1) is 0 Å². The number of hydrogen-bond donors (Lipinski definition) is 0. The molecule has 86 valence electrons. The SMILES string of the molecule is C1=C2C3CCC(C3)C2CC2C3CCC(C3)C12. The van der Waals surface area contributed by atoms with Gasteiger partial charge in [0.15, 0.2) is 0 Å². The summed E-state index contributed by atoms with van der Waals surface area (Å²) in [5.41, 5.74) is 1.96. The maximum Gasteiger partial charge on any atom is -0.0169 e. The van der Waals surface area contributed by atoms with Gasteiger partial charge in [-0.2, -0.15) is 0 Å². The van der Waals surface area contributed by atoms with E-state index >= 15 is 0 Å². The minimum absolute atomic E-state index is 1.05. The van der Waals surface area contributed by atoms with Crippen LogP contribution in [-0.2, 0) is 0 Å². The minimum atomic E-state index is 1.05. The molecule has 0 heterocycles. The molecule has 5 aliphatic carbocycles. The normalized spacial score (nSPS) is 61.0. The standard InChI is InChI=1S/C16H22/c1-2-10-5-9(1)13-7-15-11-3-4-12(6-11)16(15)8-14(10)13/h7,9-14,16H,1-6,8H2. The average molecular weight is 214 g/mol. The van der Waals surface area contributed by atoms with Crippen molar-refractivity contribution >= 4 is 0 Å². The molecule has 0 N–H and O–H groups in total. The van der Waals surface area contributed by atoms with E-state index in [1.807, 2.05) is 5.57 Å². The monoisotopic (exact) mass is 214 g/mol. The Labute approximate surface area is 98.5 Å². The van der Waals surface area contributed by atoms with E-state index in [-0.39, 0.29) is 0 Å². The van der Waals surface area contributed by atoms with Crippen molar-refractivity contribution in [1.82, 2.24) is 0 Å². The molecule has 5 rings (SSSR count). The zero-order valence-corrected chi connectivity index (χ0v) is 10.1. The zero-order valence-electron chi connectivity index (χ0n) is 10.1. The summed E-state index contributed by atoms with van der Waals surface area (Å²) >= 11 is 0. The first-order chi connectivity index (χ1) is 7.90. The van der Waals surface area contributed by atoms with Gasteiger partial charge in [0.2, 0.25) is 0 Å². The quantitative estimate of drug-likeness (QED) is 0.534. The van der Waals surface area contributed by atoms with Gasteiger partial charge < -0.3 is 0 Å². The Balaban J connectivity index is 1.57. The molecule has 0 aromatic rings. The van der Waals surface area contributed by atoms with Crippen molar-refractivity contribution in [2.24, 2.45) is 41.4 Å². The van der Waals surface area contributed by atoms with Crippen LogP contribution in [0.5, 0.6) is 0 Å². The summed E-state index contributed by atoms with van der Waals surface area (Å²) in [6.45, 7) is 0. The van der Waals surface area contributed by atoms with Crippen LogP contribution in [0.1, 0.15) is 44.9 Å². The highest BCUT2D eigenvalue weighted by molar-refractivity contribution is 5.27. The number of fused-ring (bicyclic) bond motifs is 10. The summed E-state index contributed by atoms with van der Waals surface area (Å²) in [6.07, 6.45) is 13.9. The summed E-state index contributed by atoms with van der Waals surface area (Å²) in [5.74, 6) is 7.68. The number of hydrogen-bond acceptors (Lipinski definition) is 0. The highest BCUT2D eigenvalue weighted by Crippen LogP contribution is 2.63. The molecular weight excluding hydrogens is 192 g/mol. The number of rotatable bonds is 0. The van der Waals surface area contributed by atoms with Crippen LogP contribution in [0.15, 0.2) is 11.6 Å². The molecule has 0 aliphatic heterocycles. The molecule has 4 fully saturated rings. The third-order valence-electron chi connectivity index (χ3n) is 7.01. The Bertz CT molecular complexity index is 366. The predicted octanol–water partition coefficient (Wildman–Crippen LogP) is 4.02. The Morgan fingerprint density at radius 2 is 1.69 bits per heavy atom. The Morgan fingerprint density at radius 3 is 2.69 bits per heavy atom. The van der Waals surface area contributed by atoms with Crippen LogP contribution in [0.2, 0.25) is 0 Å². The van der Waals surface area contributed by atoms with Crippen molar-refractivity contribution in [2.45, 2.75) is 44.9 Å². The van der Waals surface area contributed by atoms with Gasteiger partial charge in [-0.15, -0.1) is 0 Å². The summed E-state index contributed by atoms with van der Waals surface area (Å²) in [6, 6.07) is 0. The van der Waals surface area contributed by atoms with E-state index in [2.05, 4.69) is 6.08 Å². The van der Waals surface area contributed by atoms with Gasteiger partial charge in [-0.1, -0.05) is 11.6 Å². The molecule has 16 heavy (non-hydrogen) atoms. The Hall–Kier alpha value is -0.260. The second-order valence-electron chi connectivity index (χ2n) is 7.35. The maximum absolute atomic E-state index is 2.83. The van der Waals surface area contributed by atoms with Crippen LogP contribution < -0.4 is 0 Å². The van der Waals surface area contributed by atoms with E-state index in [1.165, 1.54) is 0 Å². The lowest BCUT2D eigenvalue weighted by atomic mass is 9.65. The zero-order chi connectivity index (χ0) is 10.3. The molecule has 4 bridgehead atoms. The Morgan fingerprint density at radius 1 is 0.812 bits per heavy atom. The Kier molecular flexibility index (Phi) is 1.52. The van der Waals surface area contributed by atoms with Gasteiger partial charge in [-0.25, -0.2) is 0 Å². The van der Waals surface area contributed by atoms with Crippen molar-refractivity contribution in [3.8, 4) is 0 Å². The van der Waals surface area contributed by atoms with Gasteiger partial charge >= 0.3 is 0 Å². The summed E-state index contributed by atoms with van der Waals surface area (Å²) in [7, 11) is 0. The van der Waals surface area contributed by atoms with Crippen LogP contribution in [0.4, 0.5) is 0 Å². The van der Waals surface area contributed by atoms with Gasteiger partial charge in [0.1, 0.15) is 0 Å². The first kappa shape index (κ1) is 8.78. The predicted molar refractivity (Wildman–Crippen MR) is 64.8 cm³/mol. The minimum Gasteiger partial charge on any atom is -0.0811 e. The lowest BCUT2D eigenvalue weighted by Crippen LogP contribution is -2.31. The summed E-state index contributed by atoms with van der Waals surface area (Å²) in [4.78, 5) is 0. The average Bonchev–Trinajstić information content (AvgIpc) is 3.07. The maximum atomic E-state index is 2.83. The first-order valence-corrected chi connectivity index (χ1v) is 7.62. The van der Waals surface area contributed by atoms with Crippen molar-refractivity contribution in [1.29, 1.82) is 0 Å². The van der Waals surface area contributed by atoms with Crippen molar-refractivity contribution in [3.05, 3.63) is 11.6 Å². The molecule has 0 heteroatoms. The molecule has 4 saturated carbocycles. The van der Waals surface area contributed by atoms with Crippen molar-refractivity contribution in [2.75, 3.05) is 0 Å². The smallest absolute Gasteiger partial charge is 0.0169 e. The highest BCUT2D eigenvalue weighted by Gasteiger charge is 2.54. The van der Waals surface area contributed by atoms with Crippen LogP contribution in [0.25, 0.3) is 0 Å². The summed E-state index contributed by atoms with van der Waals surface area (Å²) in [5, 5.41) is 0. The molecule has 0 radical (unpaired) electrons. The van der Waals surface area contributed by atoms with Crippen LogP contribution in [-0.4, -0.2) is 0 Å². The molecule has 0 nitrogen and oxygen atoms in total. The van der Waals surface area contributed by atoms with Gasteiger partial charge in [-0.05, 0) is 86.4 Å². The van der Waals surface area contributed by atoms with Crippen LogP contribution >= 0.6 is 0 Å². The van der Waals surface area contributed by atoms with E-state index in [9.17, 15) is 0 Å². The molecule has 0 amide bonds. The summed E-state index contributed by atoms with van der Waals surface area (Å²) < 4.78 is 0. The number of allylic oxidation sites excluding steroid dienone is 2. The fourth-order valence-corrected chi connectivity index (χ4v) is 6.43. The van der Waals surface area contributed by atoms with E-state index < -0.39 is 0 Å². The van der Waals surface area contributed by atoms with Crippen LogP contribution in [0, 0.1) is 41.4 Å². The topological polar surface area (TPSA) is 0 Å². The highest BCUT2D eigenvalue weighted by atomic mass is 14.6. The fourth-order valence-electron chi connectivity index (χ4n) is 6.43. The lowest BCUT2D eigenvalue weighted by Gasteiger charge is -2.40. The van der Waals surface area contributed by atoms with E-state index in [1.54, 1.807) is 44.9 Å². The van der Waals surface area contributed by atoms with Crippen molar-refractivity contribution < 1.29 is 0 Å². The first-order valence-electron chi connectivity index (χ1n) is 7.62. The second kappa shape index (κ2) is 2.76. The molecule has 0 saturated heterocycles. The molecule has 0 aromatic heterocycles. The van der Waals surface area contributed by atoms with E-state index in [0.29, 0.717) is 0 Å². The molecule has 7 atom stereocenters. The molecule has 0 aromatic carbocycles. The van der Waals surface area contributed by atoms with Crippen molar-refractivity contribution in [3.63, 3.8) is 0 Å². The fraction of sp³-hybridized carbons (Fsp3) is 0.875. The van der Waals surface area contributed by atoms with E-state index in [0.717, 1.165) is 41.4 Å². The molecular formula is C16H22. The second-order valence-corrected chi connectivity index (χ2v) is 7.35. The third kappa shape index (κ3) is 0.901. The lowest BCUT2D eigenvalue weighted by molar-refractivity contribution is 0.185. The molecule has 7 unspecified atom stereocenters. The van der Waals surface area contributed by atoms with Crippen LogP contribution in [0.3, 0.4) is 0 Å². The third-order valence-corrected chi connectivity index (χ3v) is 7.01. The van der Waals surface area contributed by atoms with E-state index in [4.69, 9.17) is 0 Å². The molecule has 0 spiro atoms. The largest absolute Gasteiger partial charge is 0.0811 e. The molecule has 5 aliphatic rings. The van der Waals surface area contributed by atoms with Gasteiger partial charge in [0, 0.05) is 0 Å². The van der Waals surface area contributed by atoms with Gasteiger partial charge in [0.25, 0.3) is 0 Å².